The van der Waals surface area contributed by atoms with Gasteiger partial charge in [0.15, 0.2) is 0 Å². The van der Waals surface area contributed by atoms with Crippen LogP contribution < -0.4 is 5.73 Å². The van der Waals surface area contributed by atoms with Crippen LogP contribution in [0.1, 0.15) is 43.2 Å². The Morgan fingerprint density at radius 1 is 1.53 bits per heavy atom. The van der Waals surface area contributed by atoms with E-state index in [1.165, 1.54) is 17.5 Å². The van der Waals surface area contributed by atoms with Gasteiger partial charge in [-0.2, -0.15) is 0 Å². The molecule has 2 N–H and O–H groups in total. The van der Waals surface area contributed by atoms with Crippen LogP contribution in [0, 0.1) is 18.8 Å². The number of hydrogen-bond acceptors (Lipinski definition) is 1. The first-order valence-corrected chi connectivity index (χ1v) is 6.43. The molecule has 0 bridgehead atoms. The summed E-state index contributed by atoms with van der Waals surface area (Å²) in [6.45, 7) is 4.38. The molecule has 3 unspecified atom stereocenters. The number of carbonyl (C=O) groups excluding carboxylic acids is 1. The molecule has 0 aliphatic heterocycles. The van der Waals surface area contributed by atoms with Gasteiger partial charge in [-0.05, 0) is 43.1 Å². The number of hydrogen-bond donors (Lipinski definition) is 1. The van der Waals surface area contributed by atoms with E-state index in [0.717, 1.165) is 12.3 Å². The highest BCUT2D eigenvalue weighted by Gasteiger charge is 2.41. The first kappa shape index (κ1) is 12.2. The third-order valence-corrected chi connectivity index (χ3v) is 3.89. The third-order valence-electron chi connectivity index (χ3n) is 3.89. The van der Waals surface area contributed by atoms with Gasteiger partial charge in [0.05, 0.1) is 0 Å². The van der Waals surface area contributed by atoms with Gasteiger partial charge < -0.3 is 5.73 Å². The van der Waals surface area contributed by atoms with Crippen LogP contribution in [0.2, 0.25) is 0 Å². The molecule has 0 aromatic heterocycles. The molecule has 1 aliphatic rings. The van der Waals surface area contributed by atoms with E-state index < -0.39 is 0 Å². The molecule has 1 fully saturated rings. The van der Waals surface area contributed by atoms with Crippen LogP contribution in [0.3, 0.4) is 0 Å². The summed E-state index contributed by atoms with van der Waals surface area (Å²) in [4.78, 5) is 10.8. The number of aryl methyl sites for hydroxylation is 1. The quantitative estimate of drug-likeness (QED) is 0.831. The van der Waals surface area contributed by atoms with E-state index in [2.05, 4.69) is 38.1 Å². The van der Waals surface area contributed by atoms with Crippen LogP contribution in [0.15, 0.2) is 24.3 Å². The molecule has 1 aliphatic carbocycles. The van der Waals surface area contributed by atoms with Gasteiger partial charge in [0.2, 0.25) is 5.91 Å². The number of primary amides is 1. The molecule has 0 spiro atoms. The minimum absolute atomic E-state index is 0.176. The van der Waals surface area contributed by atoms with Crippen molar-refractivity contribution in [3.63, 3.8) is 0 Å². The normalized spacial score (nSPS) is 24.4. The minimum atomic E-state index is -0.176. The van der Waals surface area contributed by atoms with Crippen molar-refractivity contribution in [2.75, 3.05) is 0 Å². The molecule has 1 amide bonds. The third kappa shape index (κ3) is 3.09. The van der Waals surface area contributed by atoms with Crippen LogP contribution in [0.5, 0.6) is 0 Å². The molecule has 92 valence electrons. The average molecular weight is 231 g/mol. The van der Waals surface area contributed by atoms with E-state index in [0.29, 0.717) is 18.3 Å². The van der Waals surface area contributed by atoms with Gasteiger partial charge in [0.1, 0.15) is 0 Å². The predicted molar refractivity (Wildman–Crippen MR) is 69.6 cm³/mol. The Labute approximate surface area is 103 Å². The summed E-state index contributed by atoms with van der Waals surface area (Å²) in [6.07, 6.45) is 2.73. The molecule has 3 atom stereocenters. The van der Waals surface area contributed by atoms with E-state index >= 15 is 0 Å². The van der Waals surface area contributed by atoms with E-state index in [-0.39, 0.29) is 5.91 Å². The maximum atomic E-state index is 10.8. The summed E-state index contributed by atoms with van der Waals surface area (Å²) < 4.78 is 0. The van der Waals surface area contributed by atoms with E-state index in [1.54, 1.807) is 0 Å². The molecule has 17 heavy (non-hydrogen) atoms. The fourth-order valence-corrected chi connectivity index (χ4v) is 2.71. The lowest BCUT2D eigenvalue weighted by Gasteiger charge is -2.10. The Bertz CT molecular complexity index is 413. The molecule has 0 saturated heterocycles. The summed E-state index contributed by atoms with van der Waals surface area (Å²) >= 11 is 0. The zero-order valence-corrected chi connectivity index (χ0v) is 10.6. The summed E-state index contributed by atoms with van der Waals surface area (Å²) in [6, 6.07) is 8.77. The largest absolute Gasteiger partial charge is 0.370 e. The van der Waals surface area contributed by atoms with Gasteiger partial charge in [-0.15, -0.1) is 0 Å². The Kier molecular flexibility index (Phi) is 3.51. The summed E-state index contributed by atoms with van der Waals surface area (Å²) in [7, 11) is 0. The van der Waals surface area contributed by atoms with Crippen LogP contribution >= 0.6 is 0 Å². The van der Waals surface area contributed by atoms with Gasteiger partial charge >= 0.3 is 0 Å². The second-order valence-corrected chi connectivity index (χ2v) is 5.40. The summed E-state index contributed by atoms with van der Waals surface area (Å²) in [5.74, 6) is 1.88. The molecule has 1 aromatic rings. The SMILES string of the molecule is Cc1cccc(C2CC2C(C)CCC(N)=O)c1. The highest BCUT2D eigenvalue weighted by atomic mass is 16.1. The molecule has 0 radical (unpaired) electrons. The second-order valence-electron chi connectivity index (χ2n) is 5.40. The van der Waals surface area contributed by atoms with Crippen molar-refractivity contribution in [2.24, 2.45) is 17.6 Å². The maximum absolute atomic E-state index is 10.8. The van der Waals surface area contributed by atoms with Crippen LogP contribution in [-0.4, -0.2) is 5.91 Å². The van der Waals surface area contributed by atoms with Crippen molar-refractivity contribution in [2.45, 2.75) is 39.0 Å². The number of carbonyl (C=O) groups is 1. The lowest BCUT2D eigenvalue weighted by atomic mass is 9.96. The van der Waals surface area contributed by atoms with Gasteiger partial charge in [-0.1, -0.05) is 36.8 Å². The van der Waals surface area contributed by atoms with Crippen molar-refractivity contribution >= 4 is 5.91 Å². The smallest absolute Gasteiger partial charge is 0.217 e. The summed E-state index contributed by atoms with van der Waals surface area (Å²) in [5, 5.41) is 0. The molecule has 2 nitrogen and oxygen atoms in total. The molecule has 1 aromatic carbocycles. The average Bonchev–Trinajstić information content (AvgIpc) is 3.05. The van der Waals surface area contributed by atoms with Crippen molar-refractivity contribution in [1.82, 2.24) is 0 Å². The van der Waals surface area contributed by atoms with Crippen molar-refractivity contribution in [1.29, 1.82) is 0 Å². The van der Waals surface area contributed by atoms with Crippen LogP contribution in [-0.2, 0) is 4.79 Å². The number of rotatable bonds is 5. The van der Waals surface area contributed by atoms with Gasteiger partial charge in [0, 0.05) is 6.42 Å². The van der Waals surface area contributed by atoms with Gasteiger partial charge in [-0.25, -0.2) is 0 Å². The maximum Gasteiger partial charge on any atom is 0.217 e. The van der Waals surface area contributed by atoms with E-state index in [1.807, 2.05) is 0 Å². The first-order chi connectivity index (χ1) is 8.08. The Hall–Kier alpha value is -1.31. The monoisotopic (exact) mass is 231 g/mol. The minimum Gasteiger partial charge on any atom is -0.370 e. The fourth-order valence-electron chi connectivity index (χ4n) is 2.71. The van der Waals surface area contributed by atoms with E-state index in [4.69, 9.17) is 5.73 Å². The molecular formula is C15H21NO. The zero-order valence-electron chi connectivity index (χ0n) is 10.6. The lowest BCUT2D eigenvalue weighted by molar-refractivity contribution is -0.118. The topological polar surface area (TPSA) is 43.1 Å². The van der Waals surface area contributed by atoms with Crippen LogP contribution in [0.4, 0.5) is 0 Å². The second kappa shape index (κ2) is 4.91. The number of benzene rings is 1. The molecular weight excluding hydrogens is 210 g/mol. The molecule has 2 rings (SSSR count). The predicted octanol–water partition coefficient (Wildman–Crippen LogP) is 3.00. The molecule has 0 heterocycles. The van der Waals surface area contributed by atoms with E-state index in [9.17, 15) is 4.79 Å². The standard InChI is InChI=1S/C15H21NO/c1-10-4-3-5-12(8-10)14-9-13(14)11(2)6-7-15(16)17/h3-5,8,11,13-14H,6-7,9H2,1-2H3,(H2,16,17). The first-order valence-electron chi connectivity index (χ1n) is 6.43. The fraction of sp³-hybridized carbons (Fsp3) is 0.533. The van der Waals surface area contributed by atoms with Gasteiger partial charge in [0.25, 0.3) is 0 Å². The lowest BCUT2D eigenvalue weighted by Crippen LogP contribution is -2.12. The number of amides is 1. The number of nitrogens with two attached hydrogens (primary N) is 1. The Morgan fingerprint density at radius 2 is 2.29 bits per heavy atom. The zero-order chi connectivity index (χ0) is 12.4. The van der Waals surface area contributed by atoms with Crippen molar-refractivity contribution in [3.05, 3.63) is 35.4 Å². The highest BCUT2D eigenvalue weighted by Crippen LogP contribution is 2.52. The Morgan fingerprint density at radius 3 is 2.94 bits per heavy atom. The summed E-state index contributed by atoms with van der Waals surface area (Å²) in [5.41, 5.74) is 7.98. The molecule has 2 heteroatoms. The van der Waals surface area contributed by atoms with Gasteiger partial charge in [-0.3, -0.25) is 4.79 Å². The highest BCUT2D eigenvalue weighted by molar-refractivity contribution is 5.73. The van der Waals surface area contributed by atoms with Crippen LogP contribution in [0.25, 0.3) is 0 Å². The molecule has 1 saturated carbocycles. The van der Waals surface area contributed by atoms with Crippen molar-refractivity contribution in [3.8, 4) is 0 Å². The van der Waals surface area contributed by atoms with Crippen molar-refractivity contribution < 1.29 is 4.79 Å². The Balaban J connectivity index is 1.89.